The Morgan fingerprint density at radius 2 is 2.00 bits per heavy atom. The molecule has 164 valence electrons. The van der Waals surface area contributed by atoms with Crippen molar-refractivity contribution in [3.05, 3.63) is 24.5 Å². The van der Waals surface area contributed by atoms with Crippen LogP contribution in [0.1, 0.15) is 12.8 Å². The van der Waals surface area contributed by atoms with Gasteiger partial charge in [-0.2, -0.15) is 4.98 Å². The van der Waals surface area contributed by atoms with E-state index < -0.39 is 0 Å². The van der Waals surface area contributed by atoms with E-state index in [1.54, 1.807) is 35.9 Å². The van der Waals surface area contributed by atoms with Crippen LogP contribution in [0.3, 0.4) is 0 Å². The van der Waals surface area contributed by atoms with Gasteiger partial charge in [0.15, 0.2) is 33.1 Å². The van der Waals surface area contributed by atoms with E-state index in [0.717, 1.165) is 22.9 Å². The standard InChI is InChI=1S/C20H19N7O3S2/c28-15(22-12-3-4-13-14(9-12)30-8-7-29-13)10-31-20-25-24-18-16-17(21-11-27(18)20)23-19(32-16)26-5-1-2-6-26/h3-4,9,11H,1-2,5-8,10H2,(H,22,28). The highest BCUT2D eigenvalue weighted by Crippen LogP contribution is 2.34. The smallest absolute Gasteiger partial charge is 0.234 e. The fourth-order valence-electron chi connectivity index (χ4n) is 3.77. The number of benzene rings is 1. The van der Waals surface area contributed by atoms with Crippen molar-refractivity contribution in [2.45, 2.75) is 18.0 Å². The highest BCUT2D eigenvalue weighted by molar-refractivity contribution is 7.99. The van der Waals surface area contributed by atoms with Crippen molar-refractivity contribution in [2.75, 3.05) is 42.3 Å². The van der Waals surface area contributed by atoms with Gasteiger partial charge in [0.25, 0.3) is 0 Å². The fraction of sp³-hybridized carbons (Fsp3) is 0.350. The number of carbonyl (C=O) groups excluding carboxylic acids is 1. The number of ether oxygens (including phenoxy) is 2. The summed E-state index contributed by atoms with van der Waals surface area (Å²) in [4.78, 5) is 23.9. The SMILES string of the molecule is O=C(CSc1nnc2c3sc(N4CCCC4)nc3ncn12)Nc1ccc2c(c1)OCCO2. The van der Waals surface area contributed by atoms with Crippen LogP contribution in [-0.4, -0.2) is 62.5 Å². The number of hydrogen-bond acceptors (Lipinski definition) is 10. The number of hydrogen-bond donors (Lipinski definition) is 1. The van der Waals surface area contributed by atoms with E-state index >= 15 is 0 Å². The largest absolute Gasteiger partial charge is 0.486 e. The van der Waals surface area contributed by atoms with Crippen LogP contribution in [0.15, 0.2) is 29.7 Å². The third kappa shape index (κ3) is 3.58. The maximum atomic E-state index is 12.5. The summed E-state index contributed by atoms with van der Waals surface area (Å²) in [6.45, 7) is 3.09. The number of nitrogens with zero attached hydrogens (tertiary/aromatic N) is 6. The van der Waals surface area contributed by atoms with Crippen molar-refractivity contribution in [3.8, 4) is 11.5 Å². The zero-order valence-electron chi connectivity index (χ0n) is 17.0. The minimum Gasteiger partial charge on any atom is -0.486 e. The number of aromatic nitrogens is 5. The molecule has 10 nitrogen and oxygen atoms in total. The summed E-state index contributed by atoms with van der Waals surface area (Å²) < 4.78 is 13.8. The van der Waals surface area contributed by atoms with E-state index in [0.29, 0.717) is 46.9 Å². The Morgan fingerprint density at radius 1 is 1.16 bits per heavy atom. The zero-order valence-corrected chi connectivity index (χ0v) is 18.6. The van der Waals surface area contributed by atoms with Crippen LogP contribution >= 0.6 is 23.1 Å². The Labute approximate surface area is 191 Å². The number of thiazole rings is 1. The van der Waals surface area contributed by atoms with Crippen LogP contribution in [0.4, 0.5) is 10.8 Å². The molecule has 0 unspecified atom stereocenters. The van der Waals surface area contributed by atoms with Gasteiger partial charge in [0.2, 0.25) is 5.91 Å². The van der Waals surface area contributed by atoms with Crippen LogP contribution in [0.2, 0.25) is 0 Å². The van der Waals surface area contributed by atoms with Crippen molar-refractivity contribution in [1.82, 2.24) is 24.6 Å². The molecule has 1 fully saturated rings. The predicted molar refractivity (Wildman–Crippen MR) is 122 cm³/mol. The van der Waals surface area contributed by atoms with E-state index in [4.69, 9.17) is 9.47 Å². The molecule has 12 heteroatoms. The summed E-state index contributed by atoms with van der Waals surface area (Å²) in [6.07, 6.45) is 4.06. The molecule has 3 aromatic heterocycles. The summed E-state index contributed by atoms with van der Waals surface area (Å²) in [5.74, 6) is 1.37. The molecule has 5 heterocycles. The van der Waals surface area contributed by atoms with Gasteiger partial charge >= 0.3 is 0 Å². The second-order valence-electron chi connectivity index (χ2n) is 7.46. The molecule has 1 N–H and O–H groups in total. The molecule has 0 bridgehead atoms. The zero-order chi connectivity index (χ0) is 21.5. The van der Waals surface area contributed by atoms with E-state index in [1.165, 1.54) is 24.6 Å². The molecule has 0 radical (unpaired) electrons. The Morgan fingerprint density at radius 3 is 2.88 bits per heavy atom. The van der Waals surface area contributed by atoms with Gasteiger partial charge in [-0.3, -0.25) is 9.20 Å². The maximum absolute atomic E-state index is 12.5. The number of carbonyl (C=O) groups is 1. The van der Waals surface area contributed by atoms with Crippen molar-refractivity contribution in [3.63, 3.8) is 0 Å². The molecule has 2 aliphatic heterocycles. The fourth-order valence-corrected chi connectivity index (χ4v) is 5.52. The number of amides is 1. The number of fused-ring (bicyclic) bond motifs is 4. The molecule has 4 aromatic rings. The summed E-state index contributed by atoms with van der Waals surface area (Å²) in [6, 6.07) is 5.36. The minimum absolute atomic E-state index is 0.147. The van der Waals surface area contributed by atoms with Gasteiger partial charge in [-0.15, -0.1) is 10.2 Å². The first-order valence-corrected chi connectivity index (χ1v) is 12.1. The molecule has 1 saturated heterocycles. The molecule has 2 aliphatic rings. The van der Waals surface area contributed by atoms with Crippen LogP contribution in [0.25, 0.3) is 16.0 Å². The molecule has 1 aromatic carbocycles. The lowest BCUT2D eigenvalue weighted by Gasteiger charge is -2.18. The van der Waals surface area contributed by atoms with Crippen LogP contribution in [0.5, 0.6) is 11.5 Å². The third-order valence-electron chi connectivity index (χ3n) is 5.30. The molecule has 0 saturated carbocycles. The van der Waals surface area contributed by atoms with Crippen LogP contribution in [-0.2, 0) is 4.79 Å². The molecule has 0 aliphatic carbocycles. The summed E-state index contributed by atoms with van der Waals surface area (Å²) in [5.41, 5.74) is 2.06. The Balaban J connectivity index is 1.17. The number of thioether (sulfide) groups is 1. The molecular formula is C20H19N7O3S2. The average molecular weight is 470 g/mol. The molecular weight excluding hydrogens is 450 g/mol. The molecule has 6 rings (SSSR count). The highest BCUT2D eigenvalue weighted by atomic mass is 32.2. The maximum Gasteiger partial charge on any atom is 0.234 e. The van der Waals surface area contributed by atoms with Crippen LogP contribution in [0, 0.1) is 0 Å². The first-order valence-electron chi connectivity index (χ1n) is 10.3. The third-order valence-corrected chi connectivity index (χ3v) is 7.34. The Hall–Kier alpha value is -3.12. The van der Waals surface area contributed by atoms with E-state index in [1.807, 2.05) is 4.40 Å². The van der Waals surface area contributed by atoms with E-state index in [2.05, 4.69) is 30.4 Å². The summed E-state index contributed by atoms with van der Waals surface area (Å²) in [5, 5.41) is 13.1. The lowest BCUT2D eigenvalue weighted by atomic mass is 10.2. The first-order chi connectivity index (χ1) is 15.7. The van der Waals surface area contributed by atoms with Gasteiger partial charge in [-0.05, 0) is 25.0 Å². The highest BCUT2D eigenvalue weighted by Gasteiger charge is 2.20. The topological polar surface area (TPSA) is 107 Å². The monoisotopic (exact) mass is 469 g/mol. The Bertz CT molecular complexity index is 1320. The summed E-state index contributed by atoms with van der Waals surface area (Å²) in [7, 11) is 0. The van der Waals surface area contributed by atoms with Gasteiger partial charge < -0.3 is 19.7 Å². The van der Waals surface area contributed by atoms with E-state index in [9.17, 15) is 4.79 Å². The quantitative estimate of drug-likeness (QED) is 0.442. The number of rotatable bonds is 5. The summed E-state index contributed by atoms with van der Waals surface area (Å²) >= 11 is 2.90. The molecule has 0 atom stereocenters. The minimum atomic E-state index is -0.147. The van der Waals surface area contributed by atoms with Crippen molar-refractivity contribution >= 4 is 55.8 Å². The predicted octanol–water partition coefficient (Wildman–Crippen LogP) is 2.84. The van der Waals surface area contributed by atoms with E-state index in [-0.39, 0.29) is 11.7 Å². The van der Waals surface area contributed by atoms with Crippen molar-refractivity contribution in [2.24, 2.45) is 0 Å². The molecule has 0 spiro atoms. The van der Waals surface area contributed by atoms with Gasteiger partial charge in [-0.25, -0.2) is 4.98 Å². The normalized spacial score (nSPS) is 15.6. The lowest BCUT2D eigenvalue weighted by molar-refractivity contribution is -0.113. The molecule has 32 heavy (non-hydrogen) atoms. The van der Waals surface area contributed by atoms with Gasteiger partial charge in [0, 0.05) is 24.8 Å². The Kier molecular flexibility index (Phi) is 4.95. The van der Waals surface area contributed by atoms with Gasteiger partial charge in [0.05, 0.1) is 5.75 Å². The van der Waals surface area contributed by atoms with Crippen molar-refractivity contribution < 1.29 is 14.3 Å². The molecule has 1 amide bonds. The van der Waals surface area contributed by atoms with Crippen LogP contribution < -0.4 is 19.7 Å². The second kappa shape index (κ2) is 8.10. The number of anilines is 2. The number of nitrogens with one attached hydrogen (secondary N) is 1. The first kappa shape index (κ1) is 19.6. The van der Waals surface area contributed by atoms with Gasteiger partial charge in [-0.1, -0.05) is 23.1 Å². The van der Waals surface area contributed by atoms with Gasteiger partial charge in [0.1, 0.15) is 24.2 Å². The lowest BCUT2D eigenvalue weighted by Crippen LogP contribution is -2.17. The second-order valence-corrected chi connectivity index (χ2v) is 9.38. The van der Waals surface area contributed by atoms with Crippen molar-refractivity contribution in [1.29, 1.82) is 0 Å². The average Bonchev–Trinajstić information content (AvgIpc) is 3.56.